The zero-order chi connectivity index (χ0) is 22.8. The second-order valence-electron chi connectivity index (χ2n) is 7.47. The molecule has 0 bridgehead atoms. The van der Waals surface area contributed by atoms with Gasteiger partial charge in [0.15, 0.2) is 11.5 Å². The van der Waals surface area contributed by atoms with Gasteiger partial charge in [0.05, 0.1) is 30.5 Å². The molecule has 0 saturated heterocycles. The Kier molecular flexibility index (Phi) is 8.61. The first-order chi connectivity index (χ1) is 15.7. The molecule has 3 rings (SSSR count). The van der Waals surface area contributed by atoms with E-state index >= 15 is 0 Å². The predicted octanol–water partition coefficient (Wildman–Crippen LogP) is 5.53. The van der Waals surface area contributed by atoms with E-state index < -0.39 is 0 Å². The van der Waals surface area contributed by atoms with Gasteiger partial charge in [0.25, 0.3) is 5.91 Å². The molecule has 1 heterocycles. The van der Waals surface area contributed by atoms with Crippen LogP contribution in [0.25, 0.3) is 10.9 Å². The first-order valence-corrected chi connectivity index (χ1v) is 11.3. The van der Waals surface area contributed by atoms with Crippen LogP contribution in [0.15, 0.2) is 53.6 Å². The number of rotatable bonds is 11. The fraction of sp³-hybridized carbons (Fsp3) is 0.346. The maximum atomic E-state index is 12.9. The molecule has 6 heteroatoms. The molecule has 1 N–H and O–H groups in total. The zero-order valence-corrected chi connectivity index (χ0v) is 19.1. The number of amides is 1. The van der Waals surface area contributed by atoms with Crippen molar-refractivity contribution in [1.29, 1.82) is 0 Å². The third kappa shape index (κ3) is 6.06. The lowest BCUT2D eigenvalue weighted by atomic mass is 10.1. The van der Waals surface area contributed by atoms with Gasteiger partial charge in [-0.2, -0.15) is 5.10 Å². The van der Waals surface area contributed by atoms with Crippen molar-refractivity contribution in [2.24, 2.45) is 5.10 Å². The van der Waals surface area contributed by atoms with Gasteiger partial charge in [-0.1, -0.05) is 44.9 Å². The maximum Gasteiger partial charge on any atom is 0.272 e. The Bertz CT molecular complexity index is 1080. The van der Waals surface area contributed by atoms with Crippen LogP contribution in [-0.2, 0) is 6.42 Å². The van der Waals surface area contributed by atoms with E-state index in [0.717, 1.165) is 47.8 Å². The van der Waals surface area contributed by atoms with Crippen molar-refractivity contribution in [3.05, 3.63) is 65.4 Å². The molecule has 1 aromatic heterocycles. The SMILES string of the molecule is CCCCOc1ccc(C=NNC(=O)c2cc(CCC)nc3ccccc23)cc1OCC. The molecule has 0 fully saturated rings. The number of carbonyl (C=O) groups is 1. The van der Waals surface area contributed by atoms with E-state index in [1.54, 1.807) is 6.21 Å². The topological polar surface area (TPSA) is 72.8 Å². The standard InChI is InChI=1S/C26H31N3O3/c1-4-7-15-32-24-14-13-19(16-25(24)31-6-3)18-27-29-26(30)22-17-20(10-5-2)28-23-12-9-8-11-21(22)23/h8-9,11-14,16-18H,4-7,10,15H2,1-3H3,(H,29,30). The number of hydrazone groups is 1. The molecule has 0 unspecified atom stereocenters. The number of fused-ring (bicyclic) bond motifs is 1. The lowest BCUT2D eigenvalue weighted by molar-refractivity contribution is 0.0956. The monoisotopic (exact) mass is 433 g/mol. The molecule has 3 aromatic rings. The lowest BCUT2D eigenvalue weighted by Crippen LogP contribution is -2.18. The number of aryl methyl sites for hydroxylation is 1. The van der Waals surface area contributed by atoms with Crippen LogP contribution in [0.1, 0.15) is 61.6 Å². The first kappa shape index (κ1) is 23.3. The van der Waals surface area contributed by atoms with Gasteiger partial charge in [0.2, 0.25) is 0 Å². The minimum Gasteiger partial charge on any atom is -0.490 e. The Morgan fingerprint density at radius 3 is 2.66 bits per heavy atom. The molecule has 0 atom stereocenters. The highest BCUT2D eigenvalue weighted by Crippen LogP contribution is 2.28. The number of para-hydroxylation sites is 1. The quantitative estimate of drug-likeness (QED) is 0.245. The normalized spacial score (nSPS) is 11.1. The van der Waals surface area contributed by atoms with Crippen molar-refractivity contribution >= 4 is 23.0 Å². The summed E-state index contributed by atoms with van der Waals surface area (Å²) in [5, 5.41) is 4.98. The van der Waals surface area contributed by atoms with Crippen molar-refractivity contribution < 1.29 is 14.3 Å². The number of nitrogens with one attached hydrogen (secondary N) is 1. The largest absolute Gasteiger partial charge is 0.490 e. The molecule has 168 valence electrons. The Balaban J connectivity index is 1.76. The molecular weight excluding hydrogens is 402 g/mol. The number of aromatic nitrogens is 1. The summed E-state index contributed by atoms with van der Waals surface area (Å²) < 4.78 is 11.5. The number of carbonyl (C=O) groups excluding carboxylic acids is 1. The molecule has 0 radical (unpaired) electrons. The summed E-state index contributed by atoms with van der Waals surface area (Å²) in [5.41, 5.74) is 5.75. The van der Waals surface area contributed by atoms with Gasteiger partial charge in [-0.3, -0.25) is 9.78 Å². The van der Waals surface area contributed by atoms with Crippen LogP contribution in [0.2, 0.25) is 0 Å². The van der Waals surface area contributed by atoms with E-state index in [-0.39, 0.29) is 5.91 Å². The summed E-state index contributed by atoms with van der Waals surface area (Å²) in [6.07, 6.45) is 5.45. The zero-order valence-electron chi connectivity index (χ0n) is 19.1. The molecule has 0 aliphatic carbocycles. The van der Waals surface area contributed by atoms with Gasteiger partial charge in [-0.15, -0.1) is 0 Å². The van der Waals surface area contributed by atoms with E-state index in [9.17, 15) is 4.79 Å². The van der Waals surface area contributed by atoms with Gasteiger partial charge >= 0.3 is 0 Å². The van der Waals surface area contributed by atoms with Crippen LogP contribution in [0, 0.1) is 0 Å². The van der Waals surface area contributed by atoms with Crippen molar-refractivity contribution in [2.45, 2.75) is 46.5 Å². The van der Waals surface area contributed by atoms with E-state index in [2.05, 4.69) is 29.4 Å². The fourth-order valence-electron chi connectivity index (χ4n) is 3.35. The molecule has 6 nitrogen and oxygen atoms in total. The van der Waals surface area contributed by atoms with Gasteiger partial charge in [-0.05, 0) is 55.7 Å². The van der Waals surface area contributed by atoms with Crippen LogP contribution in [0.4, 0.5) is 0 Å². The summed E-state index contributed by atoms with van der Waals surface area (Å²) >= 11 is 0. The van der Waals surface area contributed by atoms with E-state index in [0.29, 0.717) is 30.3 Å². The second kappa shape index (κ2) is 11.8. The summed E-state index contributed by atoms with van der Waals surface area (Å²) in [4.78, 5) is 17.5. The van der Waals surface area contributed by atoms with Crippen LogP contribution in [0.5, 0.6) is 11.5 Å². The molecule has 2 aromatic carbocycles. The second-order valence-corrected chi connectivity index (χ2v) is 7.47. The number of hydrogen-bond donors (Lipinski definition) is 1. The number of hydrogen-bond acceptors (Lipinski definition) is 5. The van der Waals surface area contributed by atoms with Gasteiger partial charge in [0, 0.05) is 11.1 Å². The number of ether oxygens (including phenoxy) is 2. The summed E-state index contributed by atoms with van der Waals surface area (Å²) in [6, 6.07) is 15.1. The molecule has 32 heavy (non-hydrogen) atoms. The van der Waals surface area contributed by atoms with Crippen LogP contribution >= 0.6 is 0 Å². The van der Waals surface area contributed by atoms with Crippen LogP contribution in [-0.4, -0.2) is 30.3 Å². The summed E-state index contributed by atoms with van der Waals surface area (Å²) in [5.74, 6) is 1.12. The smallest absolute Gasteiger partial charge is 0.272 e. The summed E-state index contributed by atoms with van der Waals surface area (Å²) in [7, 11) is 0. The highest BCUT2D eigenvalue weighted by Gasteiger charge is 2.12. The Hall–Kier alpha value is -3.41. The van der Waals surface area contributed by atoms with E-state index in [1.807, 2.05) is 55.5 Å². The molecule has 0 saturated carbocycles. The third-order valence-corrected chi connectivity index (χ3v) is 4.92. The van der Waals surface area contributed by atoms with Gasteiger partial charge in [0.1, 0.15) is 0 Å². The Labute approximate surface area is 189 Å². The third-order valence-electron chi connectivity index (χ3n) is 4.92. The van der Waals surface area contributed by atoms with Crippen molar-refractivity contribution in [3.63, 3.8) is 0 Å². The number of benzene rings is 2. The Morgan fingerprint density at radius 2 is 1.88 bits per heavy atom. The fourth-order valence-corrected chi connectivity index (χ4v) is 3.35. The first-order valence-electron chi connectivity index (χ1n) is 11.3. The minimum absolute atomic E-state index is 0.262. The Morgan fingerprint density at radius 1 is 1.03 bits per heavy atom. The number of pyridine rings is 1. The highest BCUT2D eigenvalue weighted by molar-refractivity contribution is 6.06. The minimum atomic E-state index is -0.262. The van der Waals surface area contributed by atoms with Crippen molar-refractivity contribution in [3.8, 4) is 11.5 Å². The maximum absolute atomic E-state index is 12.9. The van der Waals surface area contributed by atoms with Crippen molar-refractivity contribution in [2.75, 3.05) is 13.2 Å². The van der Waals surface area contributed by atoms with Crippen LogP contribution in [0.3, 0.4) is 0 Å². The molecule has 0 spiro atoms. The average Bonchev–Trinajstić information content (AvgIpc) is 2.80. The number of unbranched alkanes of at least 4 members (excludes halogenated alkanes) is 1. The number of nitrogens with zero attached hydrogens (tertiary/aromatic N) is 2. The van der Waals surface area contributed by atoms with E-state index in [1.165, 1.54) is 0 Å². The van der Waals surface area contributed by atoms with Gasteiger partial charge in [-0.25, -0.2) is 5.43 Å². The van der Waals surface area contributed by atoms with Crippen molar-refractivity contribution in [1.82, 2.24) is 10.4 Å². The lowest BCUT2D eigenvalue weighted by Gasteiger charge is -2.12. The average molecular weight is 434 g/mol. The van der Waals surface area contributed by atoms with Crippen LogP contribution < -0.4 is 14.9 Å². The molecular formula is C26H31N3O3. The molecule has 0 aliphatic heterocycles. The summed E-state index contributed by atoms with van der Waals surface area (Å²) in [6.45, 7) is 7.34. The van der Waals surface area contributed by atoms with E-state index in [4.69, 9.17) is 9.47 Å². The molecule has 0 aliphatic rings. The highest BCUT2D eigenvalue weighted by atomic mass is 16.5. The molecule has 1 amide bonds. The van der Waals surface area contributed by atoms with Gasteiger partial charge < -0.3 is 9.47 Å². The predicted molar refractivity (Wildman–Crippen MR) is 129 cm³/mol.